The fraction of sp³-hybridized carbons (Fsp3) is 0.707. The smallest absolute Gasteiger partial charge is 0.306 e. The predicted octanol–water partition coefficient (Wildman–Crippen LogP) is 8.11. The number of ether oxygens (including phenoxy) is 1. The molecule has 2 heterocycles. The summed E-state index contributed by atoms with van der Waals surface area (Å²) in [6, 6.07) is 9.44. The number of nitrogens with two attached hydrogens (primary N) is 1. The number of H-pyrrole nitrogens is 1. The van der Waals surface area contributed by atoms with E-state index in [1.807, 2.05) is 0 Å². The van der Waals surface area contributed by atoms with E-state index in [1.54, 1.807) is 5.57 Å². The lowest BCUT2D eigenvalue weighted by molar-refractivity contribution is -0.161. The number of fused-ring (bicyclic) bond motifs is 8. The molecule has 1 aliphatic heterocycles. The molecule has 0 amide bonds. The van der Waals surface area contributed by atoms with Gasteiger partial charge in [0.25, 0.3) is 0 Å². The summed E-state index contributed by atoms with van der Waals surface area (Å²) in [4.78, 5) is 15.3. The lowest BCUT2D eigenvalue weighted by Crippen LogP contribution is -2.64. The Hall–Kier alpha value is -2.80. The number of allylic oxidation sites excluding steroid dienone is 2. The van der Waals surface area contributed by atoms with Gasteiger partial charge in [-0.3, -0.25) is 9.89 Å². The molecule has 8 rings (SSSR count). The van der Waals surface area contributed by atoms with E-state index in [2.05, 4.69) is 87.8 Å². The van der Waals surface area contributed by atoms with Gasteiger partial charge in [-0.2, -0.15) is 5.10 Å². The summed E-state index contributed by atoms with van der Waals surface area (Å²) in [6.45, 7) is 20.7. The van der Waals surface area contributed by atoms with Gasteiger partial charge in [-0.1, -0.05) is 66.2 Å². The van der Waals surface area contributed by atoms with Crippen LogP contribution in [-0.4, -0.2) is 47.6 Å². The molecule has 8 atom stereocenters. The summed E-state index contributed by atoms with van der Waals surface area (Å²) in [7, 11) is 0. The molecule has 4 N–H and O–H groups in total. The Bertz CT molecular complexity index is 1650. The largest absolute Gasteiger partial charge is 0.481 e. The second-order valence-corrected chi connectivity index (χ2v) is 18.8. The van der Waals surface area contributed by atoms with Crippen molar-refractivity contribution in [3.05, 3.63) is 46.7 Å². The number of nitrogens with zero attached hydrogens (tertiary/aromatic N) is 2. The van der Waals surface area contributed by atoms with Crippen molar-refractivity contribution in [1.29, 1.82) is 0 Å². The summed E-state index contributed by atoms with van der Waals surface area (Å²) in [6.07, 6.45) is 8.33. The van der Waals surface area contributed by atoms with Crippen LogP contribution in [-0.2, 0) is 21.4 Å². The van der Waals surface area contributed by atoms with E-state index >= 15 is 0 Å². The van der Waals surface area contributed by atoms with Gasteiger partial charge in [-0.05, 0) is 120 Å². The number of aromatic amines is 1. The maximum Gasteiger partial charge on any atom is 0.306 e. The highest BCUT2D eigenvalue weighted by atomic mass is 16.5. The number of hydrogen-bond donors (Lipinski definition) is 3. The first kappa shape index (κ1) is 32.4. The molecule has 6 aliphatic rings. The molecule has 0 spiro atoms. The van der Waals surface area contributed by atoms with Crippen molar-refractivity contribution in [2.75, 3.05) is 36.9 Å². The van der Waals surface area contributed by atoms with Crippen LogP contribution in [0.5, 0.6) is 0 Å². The predicted molar refractivity (Wildman–Crippen MR) is 192 cm³/mol. The van der Waals surface area contributed by atoms with Crippen LogP contribution < -0.4 is 10.6 Å². The molecule has 5 aliphatic carbocycles. The lowest BCUT2D eigenvalue weighted by Gasteiger charge is -2.70. The maximum absolute atomic E-state index is 12.9. The van der Waals surface area contributed by atoms with Crippen molar-refractivity contribution in [2.24, 2.45) is 51.2 Å². The molecule has 0 bridgehead atoms. The van der Waals surface area contributed by atoms with Crippen molar-refractivity contribution >= 4 is 23.0 Å². The Balaban J connectivity index is 1.31. The number of aliphatic carboxylic acids is 1. The second kappa shape index (κ2) is 10.6. The lowest BCUT2D eigenvalue weighted by atomic mass is 9.33. The summed E-state index contributed by atoms with van der Waals surface area (Å²) < 4.78 is 5.65. The first-order valence-corrected chi connectivity index (χ1v) is 18.8. The second-order valence-electron chi connectivity index (χ2n) is 18.8. The number of carboxylic acids is 1. The number of nitrogen functional groups attached to an aromatic ring is 1. The van der Waals surface area contributed by atoms with Gasteiger partial charge in [-0.15, -0.1) is 0 Å². The van der Waals surface area contributed by atoms with Crippen LogP contribution in [0.3, 0.4) is 0 Å². The van der Waals surface area contributed by atoms with E-state index in [1.165, 1.54) is 40.9 Å². The minimum Gasteiger partial charge on any atom is -0.481 e. The van der Waals surface area contributed by atoms with Crippen LogP contribution in [0.4, 0.5) is 11.5 Å². The Morgan fingerprint density at radius 3 is 2.38 bits per heavy atom. The Kier molecular flexibility index (Phi) is 7.16. The molecule has 48 heavy (non-hydrogen) atoms. The SMILES string of the molecule is CC1(C)CC2C3=C(c4ccc(N5CCOCC5)cc4)CC4C5(C)Cc6c(N)n[nH]c6C(C)(C)C5CCC4(C)C3(C)CCC2[C@H](C(=O)O)C1. The van der Waals surface area contributed by atoms with Gasteiger partial charge in [0, 0.05) is 35.4 Å². The molecule has 7 heteroatoms. The molecule has 1 aromatic heterocycles. The van der Waals surface area contributed by atoms with E-state index in [9.17, 15) is 9.90 Å². The molecule has 260 valence electrons. The van der Waals surface area contributed by atoms with Crippen molar-refractivity contribution in [3.8, 4) is 0 Å². The van der Waals surface area contributed by atoms with Gasteiger partial charge >= 0.3 is 5.97 Å². The number of nitrogens with one attached hydrogen (secondary N) is 1. The summed E-state index contributed by atoms with van der Waals surface area (Å²) in [5.74, 6) is 1.29. The number of carbonyl (C=O) groups is 1. The normalized spacial score (nSPS) is 39.8. The van der Waals surface area contributed by atoms with Gasteiger partial charge < -0.3 is 20.5 Å². The zero-order chi connectivity index (χ0) is 34.0. The third-order valence-electron chi connectivity index (χ3n) is 15.7. The number of carboxylic acid groups (broad SMARTS) is 1. The summed E-state index contributed by atoms with van der Waals surface area (Å²) in [5.41, 5.74) is 14.9. The molecule has 2 aromatic rings. The number of aromatic nitrogens is 2. The van der Waals surface area contributed by atoms with Gasteiger partial charge in [0.05, 0.1) is 19.1 Å². The van der Waals surface area contributed by atoms with Crippen LogP contribution in [0.2, 0.25) is 0 Å². The number of anilines is 2. The van der Waals surface area contributed by atoms with E-state index in [4.69, 9.17) is 10.5 Å². The number of morpholine rings is 1. The third-order valence-corrected chi connectivity index (χ3v) is 15.7. The Labute approximate surface area is 287 Å². The number of rotatable bonds is 3. The van der Waals surface area contributed by atoms with Crippen molar-refractivity contribution in [2.45, 2.75) is 105 Å². The van der Waals surface area contributed by atoms with Gasteiger partial charge in [0.1, 0.15) is 5.82 Å². The topological polar surface area (TPSA) is 104 Å². The minimum atomic E-state index is -0.593. The van der Waals surface area contributed by atoms with E-state index in [-0.39, 0.29) is 38.9 Å². The summed E-state index contributed by atoms with van der Waals surface area (Å²) in [5, 5.41) is 18.5. The molecule has 3 saturated carbocycles. The first-order chi connectivity index (χ1) is 22.6. The zero-order valence-corrected chi connectivity index (χ0v) is 30.4. The van der Waals surface area contributed by atoms with Gasteiger partial charge in [0.15, 0.2) is 0 Å². The number of hydrogen-bond acceptors (Lipinski definition) is 5. The summed E-state index contributed by atoms with van der Waals surface area (Å²) >= 11 is 0. The molecule has 7 unspecified atom stereocenters. The van der Waals surface area contributed by atoms with Crippen molar-refractivity contribution in [3.63, 3.8) is 0 Å². The van der Waals surface area contributed by atoms with Crippen LogP contribution >= 0.6 is 0 Å². The Morgan fingerprint density at radius 2 is 1.69 bits per heavy atom. The zero-order valence-electron chi connectivity index (χ0n) is 30.4. The van der Waals surface area contributed by atoms with Crippen molar-refractivity contribution < 1.29 is 14.6 Å². The fourth-order valence-corrected chi connectivity index (χ4v) is 13.4. The van der Waals surface area contributed by atoms with Crippen LogP contribution in [0.1, 0.15) is 110 Å². The van der Waals surface area contributed by atoms with E-state index < -0.39 is 5.97 Å². The molecule has 1 aromatic carbocycles. The third kappa shape index (κ3) is 4.40. The highest BCUT2D eigenvalue weighted by Gasteiger charge is 2.68. The van der Waals surface area contributed by atoms with Gasteiger partial charge in [0.2, 0.25) is 0 Å². The molecule has 7 nitrogen and oxygen atoms in total. The highest BCUT2D eigenvalue weighted by Crippen LogP contribution is 2.76. The molecular formula is C41H58N4O3. The van der Waals surface area contributed by atoms with E-state index in [0.29, 0.717) is 23.6 Å². The first-order valence-electron chi connectivity index (χ1n) is 18.8. The molecular weight excluding hydrogens is 596 g/mol. The minimum absolute atomic E-state index is 0.00783. The van der Waals surface area contributed by atoms with Crippen LogP contribution in [0.15, 0.2) is 29.8 Å². The average molecular weight is 655 g/mol. The molecule has 0 radical (unpaired) electrons. The van der Waals surface area contributed by atoms with Gasteiger partial charge in [-0.25, -0.2) is 0 Å². The quantitative estimate of drug-likeness (QED) is 0.309. The van der Waals surface area contributed by atoms with Crippen LogP contribution in [0.25, 0.3) is 5.57 Å². The number of benzene rings is 1. The maximum atomic E-state index is 12.9. The Morgan fingerprint density at radius 1 is 0.979 bits per heavy atom. The van der Waals surface area contributed by atoms with E-state index in [0.717, 1.165) is 64.8 Å². The van der Waals surface area contributed by atoms with Crippen molar-refractivity contribution in [1.82, 2.24) is 10.2 Å². The average Bonchev–Trinajstić information content (AvgIpc) is 3.41. The molecule has 1 saturated heterocycles. The molecule has 4 fully saturated rings. The highest BCUT2D eigenvalue weighted by molar-refractivity contribution is 5.76. The van der Waals surface area contributed by atoms with Crippen LogP contribution in [0, 0.1) is 51.2 Å². The standard InChI is InChI=1S/C41H58N4O3/c1-37(2)21-28-26(29(22-37)36(46)47)12-14-41(7)33(28)27(24-8-10-25(11-9-24)45-16-18-48-19-17-45)20-32-39(5)23-30-34(43-44-35(30)42)38(3,4)31(39)13-15-40(32,41)6/h8-11,26,28-29,31-32H,12-23H2,1-7H3,(H,46,47)(H3,42,43,44)/t26?,28?,29-,31?,32?,39?,40?,41?/m1/s1. The fourth-order valence-electron chi connectivity index (χ4n) is 13.4. The monoisotopic (exact) mass is 654 g/mol.